The van der Waals surface area contributed by atoms with E-state index in [4.69, 9.17) is 5.11 Å². The minimum Gasteiger partial charge on any atom is -0.508 e. The van der Waals surface area contributed by atoms with Gasteiger partial charge in [-0.3, -0.25) is 10.1 Å². The lowest BCUT2D eigenvalue weighted by Gasteiger charge is -2.18. The van der Waals surface area contributed by atoms with E-state index in [1.54, 1.807) is 18.2 Å². The van der Waals surface area contributed by atoms with Crippen molar-refractivity contribution in [2.75, 3.05) is 0 Å². The van der Waals surface area contributed by atoms with Crippen molar-refractivity contribution in [3.05, 3.63) is 28.2 Å². The molecule has 0 aliphatic heterocycles. The molecule has 3 N–H and O–H groups in total. The number of phenolic OH excluding ortho intramolecular Hbond substituents is 1. The third kappa shape index (κ3) is 4.02. The molecule has 94 valence electrons. The van der Waals surface area contributed by atoms with Crippen LogP contribution in [0.5, 0.6) is 5.75 Å². The van der Waals surface area contributed by atoms with Crippen LogP contribution in [0.4, 0.5) is 0 Å². The molecule has 0 bridgehead atoms. The molecule has 1 rings (SSSR count). The lowest BCUT2D eigenvalue weighted by molar-refractivity contribution is -0.140. The van der Waals surface area contributed by atoms with E-state index in [0.717, 1.165) is 4.47 Å². The fourth-order valence-electron chi connectivity index (χ4n) is 1.52. The van der Waals surface area contributed by atoms with E-state index in [1.807, 2.05) is 13.8 Å². The number of benzene rings is 1. The summed E-state index contributed by atoms with van der Waals surface area (Å²) in [5.41, 5.74) is 0.672. The zero-order valence-corrected chi connectivity index (χ0v) is 11.4. The third-order valence-corrected chi connectivity index (χ3v) is 2.98. The van der Waals surface area contributed by atoms with Gasteiger partial charge in [0.2, 0.25) is 0 Å². The number of carboxylic acid groups (broad SMARTS) is 1. The van der Waals surface area contributed by atoms with Gasteiger partial charge >= 0.3 is 5.97 Å². The molecule has 4 nitrogen and oxygen atoms in total. The summed E-state index contributed by atoms with van der Waals surface area (Å²) in [5.74, 6) is -0.732. The van der Waals surface area contributed by atoms with E-state index in [2.05, 4.69) is 21.2 Å². The van der Waals surface area contributed by atoms with Crippen LogP contribution in [0.15, 0.2) is 22.7 Å². The highest BCUT2D eigenvalue weighted by atomic mass is 79.9. The molecular formula is C12H16BrNO3. The summed E-state index contributed by atoms with van der Waals surface area (Å²) in [6.45, 7) is 4.00. The maximum atomic E-state index is 11.0. The van der Waals surface area contributed by atoms with Gasteiger partial charge in [-0.1, -0.05) is 29.8 Å². The molecule has 0 amide bonds. The molecule has 1 aromatic carbocycles. The summed E-state index contributed by atoms with van der Waals surface area (Å²) in [5, 5.41) is 21.6. The van der Waals surface area contributed by atoms with E-state index in [9.17, 15) is 9.90 Å². The van der Waals surface area contributed by atoms with Crippen LogP contribution in [-0.4, -0.2) is 22.2 Å². The Kier molecular flexibility index (Phi) is 4.96. The Hall–Kier alpha value is -1.07. The number of hydrogen-bond donors (Lipinski definition) is 3. The van der Waals surface area contributed by atoms with E-state index in [0.29, 0.717) is 12.1 Å². The van der Waals surface area contributed by atoms with Crippen molar-refractivity contribution in [3.63, 3.8) is 0 Å². The first-order valence-electron chi connectivity index (χ1n) is 5.35. The maximum absolute atomic E-state index is 11.0. The zero-order chi connectivity index (χ0) is 13.0. The SMILES string of the molecule is CC(C)C(NCc1cc(Br)ccc1O)C(=O)O. The summed E-state index contributed by atoms with van der Waals surface area (Å²) < 4.78 is 0.850. The topological polar surface area (TPSA) is 69.6 Å². The second-order valence-electron chi connectivity index (χ2n) is 4.21. The van der Waals surface area contributed by atoms with Gasteiger partial charge in [0.1, 0.15) is 11.8 Å². The normalized spacial score (nSPS) is 12.7. The molecule has 5 heteroatoms. The van der Waals surface area contributed by atoms with Crippen molar-refractivity contribution < 1.29 is 15.0 Å². The molecule has 1 aromatic rings. The molecule has 0 heterocycles. The van der Waals surface area contributed by atoms with Crippen LogP contribution >= 0.6 is 15.9 Å². The van der Waals surface area contributed by atoms with Crippen molar-refractivity contribution in [1.82, 2.24) is 5.32 Å². The first-order valence-corrected chi connectivity index (χ1v) is 6.14. The van der Waals surface area contributed by atoms with Crippen LogP contribution in [0.1, 0.15) is 19.4 Å². The lowest BCUT2D eigenvalue weighted by Crippen LogP contribution is -2.40. The number of phenols is 1. The number of aliphatic carboxylic acids is 1. The van der Waals surface area contributed by atoms with E-state index in [1.165, 1.54) is 0 Å². The highest BCUT2D eigenvalue weighted by Crippen LogP contribution is 2.21. The molecule has 0 radical (unpaired) electrons. The van der Waals surface area contributed by atoms with Gasteiger partial charge in [0.05, 0.1) is 0 Å². The van der Waals surface area contributed by atoms with Gasteiger partial charge in [0, 0.05) is 16.6 Å². The Morgan fingerprint density at radius 2 is 2.12 bits per heavy atom. The summed E-state index contributed by atoms with van der Waals surface area (Å²) in [6.07, 6.45) is 0. The smallest absolute Gasteiger partial charge is 0.320 e. The number of nitrogens with one attached hydrogen (secondary N) is 1. The number of halogens is 1. The van der Waals surface area contributed by atoms with Gasteiger partial charge in [-0.25, -0.2) is 0 Å². The van der Waals surface area contributed by atoms with E-state index >= 15 is 0 Å². The second kappa shape index (κ2) is 6.02. The number of carbonyl (C=O) groups is 1. The van der Waals surface area contributed by atoms with Crippen LogP contribution < -0.4 is 5.32 Å². The predicted molar refractivity (Wildman–Crippen MR) is 68.9 cm³/mol. The first kappa shape index (κ1) is 14.0. The van der Waals surface area contributed by atoms with Crippen LogP contribution in [0, 0.1) is 5.92 Å². The molecule has 1 atom stereocenters. The van der Waals surface area contributed by atoms with Crippen LogP contribution in [0.3, 0.4) is 0 Å². The quantitative estimate of drug-likeness (QED) is 0.781. The molecule has 0 aliphatic rings. The van der Waals surface area contributed by atoms with Gasteiger partial charge in [0.15, 0.2) is 0 Å². The number of carboxylic acids is 1. The average molecular weight is 302 g/mol. The summed E-state index contributed by atoms with van der Waals surface area (Å²) in [4.78, 5) is 11.0. The van der Waals surface area contributed by atoms with Crippen LogP contribution in [0.2, 0.25) is 0 Å². The third-order valence-electron chi connectivity index (χ3n) is 2.49. The molecule has 0 saturated heterocycles. The van der Waals surface area contributed by atoms with Crippen molar-refractivity contribution in [3.8, 4) is 5.75 Å². The van der Waals surface area contributed by atoms with Gasteiger partial charge < -0.3 is 10.2 Å². The molecule has 0 spiro atoms. The molecular weight excluding hydrogens is 286 g/mol. The largest absolute Gasteiger partial charge is 0.508 e. The minimum absolute atomic E-state index is 0.0122. The predicted octanol–water partition coefficient (Wildman–Crippen LogP) is 2.35. The summed E-state index contributed by atoms with van der Waals surface area (Å²) in [7, 11) is 0. The number of aromatic hydroxyl groups is 1. The standard InChI is InChI=1S/C12H16BrNO3/c1-7(2)11(12(16)17)14-6-8-5-9(13)3-4-10(8)15/h3-5,7,11,14-15H,6H2,1-2H3,(H,16,17). The van der Waals surface area contributed by atoms with Crippen LogP contribution in [0.25, 0.3) is 0 Å². The van der Waals surface area contributed by atoms with Crippen LogP contribution in [-0.2, 0) is 11.3 Å². The molecule has 0 fully saturated rings. The molecule has 0 aliphatic carbocycles. The highest BCUT2D eigenvalue weighted by Gasteiger charge is 2.20. The van der Waals surface area contributed by atoms with Crippen molar-refractivity contribution >= 4 is 21.9 Å². The number of rotatable bonds is 5. The van der Waals surface area contributed by atoms with E-state index < -0.39 is 12.0 Å². The second-order valence-corrected chi connectivity index (χ2v) is 5.13. The Bertz CT molecular complexity index is 407. The summed E-state index contributed by atoms with van der Waals surface area (Å²) >= 11 is 3.31. The molecule has 0 aromatic heterocycles. The average Bonchev–Trinajstić information content (AvgIpc) is 2.22. The zero-order valence-electron chi connectivity index (χ0n) is 9.77. The molecule has 1 unspecified atom stereocenters. The van der Waals surface area contributed by atoms with Gasteiger partial charge in [0.25, 0.3) is 0 Å². The fraction of sp³-hybridized carbons (Fsp3) is 0.417. The Morgan fingerprint density at radius 3 is 2.65 bits per heavy atom. The monoisotopic (exact) mass is 301 g/mol. The minimum atomic E-state index is -0.880. The number of hydrogen-bond acceptors (Lipinski definition) is 3. The Labute approximate surface area is 109 Å². The Balaban J connectivity index is 2.72. The van der Waals surface area contributed by atoms with E-state index in [-0.39, 0.29) is 11.7 Å². The van der Waals surface area contributed by atoms with Crippen molar-refractivity contribution in [1.29, 1.82) is 0 Å². The van der Waals surface area contributed by atoms with Gasteiger partial charge in [-0.05, 0) is 24.1 Å². The van der Waals surface area contributed by atoms with Crippen molar-refractivity contribution in [2.24, 2.45) is 5.92 Å². The highest BCUT2D eigenvalue weighted by molar-refractivity contribution is 9.10. The Morgan fingerprint density at radius 1 is 1.47 bits per heavy atom. The van der Waals surface area contributed by atoms with Crippen molar-refractivity contribution in [2.45, 2.75) is 26.4 Å². The van der Waals surface area contributed by atoms with Gasteiger partial charge in [-0.2, -0.15) is 0 Å². The van der Waals surface area contributed by atoms with Gasteiger partial charge in [-0.15, -0.1) is 0 Å². The summed E-state index contributed by atoms with van der Waals surface area (Å²) in [6, 6.07) is 4.46. The fourth-order valence-corrected chi connectivity index (χ4v) is 1.93. The first-order chi connectivity index (χ1) is 7.91. The lowest BCUT2D eigenvalue weighted by atomic mass is 10.0. The molecule has 0 saturated carbocycles. The maximum Gasteiger partial charge on any atom is 0.320 e. The molecule has 17 heavy (non-hydrogen) atoms.